The van der Waals surface area contributed by atoms with Crippen molar-refractivity contribution in [1.82, 2.24) is 0 Å². The average Bonchev–Trinajstić information content (AvgIpc) is 3.31. The molecule has 3 heteroatoms. The highest BCUT2D eigenvalue weighted by Crippen LogP contribution is 2.71. The van der Waals surface area contributed by atoms with E-state index in [1.54, 1.807) is 0 Å². The van der Waals surface area contributed by atoms with Gasteiger partial charge in [0, 0.05) is 24.5 Å². The number of nitrogens with two attached hydrogens (primary N) is 1. The Hall–Kier alpha value is -1.19. The molecule has 31 heavy (non-hydrogen) atoms. The molecule has 0 spiro atoms. The highest BCUT2D eigenvalue weighted by Gasteiger charge is 2.65. The zero-order valence-corrected chi connectivity index (χ0v) is 19.2. The maximum absolute atomic E-state index is 14.1. The Morgan fingerprint density at radius 1 is 1.03 bits per heavy atom. The first-order valence-electron chi connectivity index (χ1n) is 12.9. The Balaban J connectivity index is 1.31. The lowest BCUT2D eigenvalue weighted by Crippen LogP contribution is -2.62. The van der Waals surface area contributed by atoms with E-state index in [1.807, 2.05) is 0 Å². The molecule has 6 bridgehead atoms. The highest BCUT2D eigenvalue weighted by molar-refractivity contribution is 5.86. The summed E-state index contributed by atoms with van der Waals surface area (Å²) in [6.07, 6.45) is 11.5. The first-order chi connectivity index (χ1) is 14.9. The lowest BCUT2D eigenvalue weighted by molar-refractivity contribution is -0.171. The molecule has 0 aromatic heterocycles. The van der Waals surface area contributed by atoms with Crippen molar-refractivity contribution in [1.29, 1.82) is 0 Å². The van der Waals surface area contributed by atoms with E-state index in [4.69, 9.17) is 10.5 Å². The van der Waals surface area contributed by atoms with E-state index in [0.717, 1.165) is 45.3 Å². The molecule has 1 aromatic carbocycles. The van der Waals surface area contributed by atoms with Crippen LogP contribution in [-0.4, -0.2) is 25.0 Å². The number of benzene rings is 1. The second kappa shape index (κ2) is 7.15. The predicted octanol–water partition coefficient (Wildman–Crippen LogP) is 5.26. The molecular formula is C28H39NO2. The summed E-state index contributed by atoms with van der Waals surface area (Å²) in [5, 5.41) is 0. The molecule has 0 amide bonds. The maximum Gasteiger partial charge on any atom is 0.139 e. The number of hydrogen-bond donors (Lipinski definition) is 1. The van der Waals surface area contributed by atoms with Gasteiger partial charge >= 0.3 is 0 Å². The Kier molecular flexibility index (Phi) is 4.71. The van der Waals surface area contributed by atoms with Crippen LogP contribution in [0.5, 0.6) is 0 Å². The van der Waals surface area contributed by atoms with E-state index < -0.39 is 0 Å². The van der Waals surface area contributed by atoms with Crippen LogP contribution in [0, 0.1) is 34.5 Å². The van der Waals surface area contributed by atoms with Gasteiger partial charge in [0.15, 0.2) is 0 Å². The molecular weight excluding hydrogens is 382 g/mol. The summed E-state index contributed by atoms with van der Waals surface area (Å²) in [5.41, 5.74) is 8.03. The zero-order valence-electron chi connectivity index (χ0n) is 19.2. The minimum absolute atomic E-state index is 0.115. The van der Waals surface area contributed by atoms with Gasteiger partial charge < -0.3 is 10.5 Å². The van der Waals surface area contributed by atoms with Crippen LogP contribution in [0.3, 0.4) is 0 Å². The Morgan fingerprint density at radius 2 is 1.87 bits per heavy atom. The molecule has 0 saturated heterocycles. The topological polar surface area (TPSA) is 52.3 Å². The van der Waals surface area contributed by atoms with Gasteiger partial charge in [-0.3, -0.25) is 4.79 Å². The van der Waals surface area contributed by atoms with Gasteiger partial charge in [0.1, 0.15) is 5.78 Å². The van der Waals surface area contributed by atoms with Crippen LogP contribution < -0.4 is 5.73 Å². The third-order valence-corrected chi connectivity index (χ3v) is 10.3. The molecule has 6 saturated carbocycles. The molecule has 2 N–H and O–H groups in total. The lowest BCUT2D eigenvalue weighted by atomic mass is 9.37. The van der Waals surface area contributed by atoms with Crippen molar-refractivity contribution in [3.8, 4) is 0 Å². The maximum atomic E-state index is 14.1. The van der Waals surface area contributed by atoms with Crippen LogP contribution in [0.4, 0.5) is 0 Å². The zero-order chi connectivity index (χ0) is 21.3. The molecule has 7 rings (SSSR count). The molecule has 4 unspecified atom stereocenters. The minimum atomic E-state index is -0.115. The van der Waals surface area contributed by atoms with Gasteiger partial charge in [-0.15, -0.1) is 0 Å². The average molecular weight is 422 g/mol. The van der Waals surface area contributed by atoms with Crippen LogP contribution in [0.15, 0.2) is 30.3 Å². The second-order valence-corrected chi connectivity index (χ2v) is 12.4. The fourth-order valence-corrected chi connectivity index (χ4v) is 9.69. The number of ketones is 1. The van der Waals surface area contributed by atoms with Gasteiger partial charge in [-0.1, -0.05) is 30.3 Å². The molecule has 168 valence electrons. The minimum Gasteiger partial charge on any atom is -0.381 e. The Morgan fingerprint density at radius 3 is 2.58 bits per heavy atom. The molecule has 8 atom stereocenters. The first-order valence-corrected chi connectivity index (χ1v) is 12.9. The van der Waals surface area contributed by atoms with Crippen molar-refractivity contribution in [2.24, 2.45) is 40.2 Å². The van der Waals surface area contributed by atoms with Gasteiger partial charge in [-0.25, -0.2) is 0 Å². The number of fused-ring (bicyclic) bond motifs is 2. The fraction of sp³-hybridized carbons (Fsp3) is 0.750. The Bertz CT molecular complexity index is 852. The molecule has 0 heterocycles. The van der Waals surface area contributed by atoms with E-state index in [2.05, 4.69) is 37.3 Å². The number of ether oxygens (including phenoxy) is 1. The van der Waals surface area contributed by atoms with E-state index in [9.17, 15) is 4.79 Å². The van der Waals surface area contributed by atoms with Crippen LogP contribution in [0.2, 0.25) is 0 Å². The van der Waals surface area contributed by atoms with Crippen molar-refractivity contribution in [2.45, 2.75) is 82.6 Å². The quantitative estimate of drug-likeness (QED) is 0.653. The van der Waals surface area contributed by atoms with E-state index >= 15 is 0 Å². The van der Waals surface area contributed by atoms with Crippen molar-refractivity contribution < 1.29 is 9.53 Å². The van der Waals surface area contributed by atoms with Crippen molar-refractivity contribution in [3.63, 3.8) is 0 Å². The van der Waals surface area contributed by atoms with Crippen LogP contribution in [-0.2, 0) is 14.9 Å². The summed E-state index contributed by atoms with van der Waals surface area (Å²) < 4.78 is 6.08. The first kappa shape index (κ1) is 20.4. The molecule has 0 aliphatic heterocycles. The molecule has 6 fully saturated rings. The van der Waals surface area contributed by atoms with Crippen LogP contribution in [0.1, 0.15) is 76.7 Å². The third kappa shape index (κ3) is 3.17. The van der Waals surface area contributed by atoms with E-state index in [1.165, 1.54) is 37.7 Å². The molecule has 6 aliphatic rings. The van der Waals surface area contributed by atoms with Gasteiger partial charge in [0.05, 0.1) is 6.61 Å². The predicted molar refractivity (Wildman–Crippen MR) is 123 cm³/mol. The normalized spacial score (nSPS) is 47.2. The number of carbonyl (C=O) groups excluding carboxylic acids is 1. The highest BCUT2D eigenvalue weighted by atomic mass is 16.5. The molecule has 6 aliphatic carbocycles. The van der Waals surface area contributed by atoms with Gasteiger partial charge in [0.25, 0.3) is 0 Å². The number of rotatable bonds is 7. The summed E-state index contributed by atoms with van der Waals surface area (Å²) in [5.74, 6) is 3.26. The summed E-state index contributed by atoms with van der Waals surface area (Å²) in [6.45, 7) is 3.72. The SMILES string of the molecule is CCOC[C@]12CC3CC(C(=O)C[C@@H]4CC5CC4C[C@H]5N)(C1)C[C@@](c1ccccc1)(C3)C2. The van der Waals surface area contributed by atoms with E-state index in [0.29, 0.717) is 35.5 Å². The Labute approximate surface area is 187 Å². The number of carbonyl (C=O) groups is 1. The van der Waals surface area contributed by atoms with Gasteiger partial charge in [-0.05, 0) is 105 Å². The van der Waals surface area contributed by atoms with Crippen LogP contribution >= 0.6 is 0 Å². The molecule has 1 aromatic rings. The lowest BCUT2D eigenvalue weighted by Gasteiger charge is -2.66. The fourth-order valence-electron chi connectivity index (χ4n) is 9.69. The van der Waals surface area contributed by atoms with Gasteiger partial charge in [-0.2, -0.15) is 0 Å². The van der Waals surface area contributed by atoms with Crippen molar-refractivity contribution in [3.05, 3.63) is 35.9 Å². The smallest absolute Gasteiger partial charge is 0.139 e. The second-order valence-electron chi connectivity index (χ2n) is 12.4. The standard InChI is InChI=1S/C28H39NO2/c1-2-31-18-26-12-19-13-27(15-26,23-6-4-3-5-7-23)17-28(14-19,16-26)25(30)11-21-9-22-8-20(21)10-24(22)29/h3-7,19-22,24H,2,8-18,29H2,1H3/t19?,20?,21-,22?,24+,26-,27+,28?/m0/s1. The summed E-state index contributed by atoms with van der Waals surface area (Å²) in [6, 6.07) is 11.6. The molecule has 0 radical (unpaired) electrons. The van der Waals surface area contributed by atoms with Gasteiger partial charge in [0.2, 0.25) is 0 Å². The third-order valence-electron chi connectivity index (χ3n) is 10.3. The molecule has 3 nitrogen and oxygen atoms in total. The summed E-state index contributed by atoms with van der Waals surface area (Å²) in [4.78, 5) is 14.1. The largest absolute Gasteiger partial charge is 0.381 e. The van der Waals surface area contributed by atoms with E-state index in [-0.39, 0.29) is 16.2 Å². The number of Topliss-reactive ketones (excluding diaryl/α,β-unsaturated/α-hetero) is 1. The van der Waals surface area contributed by atoms with Crippen LogP contribution in [0.25, 0.3) is 0 Å². The monoisotopic (exact) mass is 421 g/mol. The summed E-state index contributed by atoms with van der Waals surface area (Å²) >= 11 is 0. The summed E-state index contributed by atoms with van der Waals surface area (Å²) in [7, 11) is 0. The van der Waals surface area contributed by atoms with Crippen molar-refractivity contribution in [2.75, 3.05) is 13.2 Å². The van der Waals surface area contributed by atoms with Crippen molar-refractivity contribution >= 4 is 5.78 Å². The number of hydrogen-bond acceptors (Lipinski definition) is 3.